The maximum absolute atomic E-state index is 8.51. The molecule has 0 saturated carbocycles. The Labute approximate surface area is 766 Å². The van der Waals surface area contributed by atoms with E-state index in [1.165, 1.54) is 23.6 Å². The molecule has 15 heterocycles. The first-order valence-electron chi connectivity index (χ1n) is 52.3. The van der Waals surface area contributed by atoms with Gasteiger partial charge in [-0.15, -0.1) is 0 Å². The highest BCUT2D eigenvalue weighted by Gasteiger charge is 2.30. The van der Waals surface area contributed by atoms with Gasteiger partial charge in [-0.05, 0) is 263 Å². The Morgan fingerprint density at radius 1 is 0.294 bits per heavy atom. The first-order valence-corrected chi connectivity index (χ1v) is 41.3. The number of furan rings is 5. The molecule has 0 radical (unpaired) electrons. The molecule has 1 unspecified atom stereocenters. The van der Waals surface area contributed by atoms with Crippen molar-refractivity contribution < 1.29 is 75.1 Å². The molecule has 126 heavy (non-hydrogen) atoms. The van der Waals surface area contributed by atoms with Crippen molar-refractivity contribution in [3.05, 3.63) is 320 Å². The largest absolute Gasteiger partial charge is 0.437 e. The van der Waals surface area contributed by atoms with Crippen molar-refractivity contribution in [1.82, 2.24) is 24.9 Å². The van der Waals surface area contributed by atoms with Gasteiger partial charge in [0.05, 0.1) is 27.8 Å². The van der Waals surface area contributed by atoms with Gasteiger partial charge in [0.2, 0.25) is 57.0 Å². The zero-order valence-corrected chi connectivity index (χ0v) is 73.3. The SMILES string of the molecule is Cc1ccc2c(oc3ncccc32)c1-c1ccc(-c2ccccc2)c[n+]1C.[2H]C([2H])([2H])c1c[n+](C)c(-c2c(C)cc(C([2H])([2H])[2H])c3c2oc2nc(C)ccc23)cc1C.[2H]C([2H])([2H])c1c[n+](C)c(-c2c(C)ccc3c2oc2nc(C)ccc23)cc1C.[2H]C([2H])([2H])c1cc(C)c(-c2cc(C([2H])(C)C([2H])([2H])[2H])cc[n+]2C)c2oc3nc(C)ccc3c12.[2H]C([2H])([2H])c1ccc(-c2c(C)cc(C([2H])([2H])[2H])c3c2oc2nc(C)ccc23)[n+](C)c1. The van der Waals surface area contributed by atoms with E-state index in [4.69, 9.17) is 52.2 Å². The fourth-order valence-electron chi connectivity index (χ4n) is 17.0. The molecular formula is C111H109N10O5+5. The van der Waals surface area contributed by atoms with Crippen molar-refractivity contribution in [2.75, 3.05) is 0 Å². The minimum atomic E-state index is -2.53. The lowest BCUT2D eigenvalue weighted by Crippen LogP contribution is -2.31. The summed E-state index contributed by atoms with van der Waals surface area (Å²) in [6, 6.07) is 57.4. The van der Waals surface area contributed by atoms with Crippen molar-refractivity contribution in [1.29, 1.82) is 0 Å². The summed E-state index contributed by atoms with van der Waals surface area (Å²) < 4.78 is 214. The van der Waals surface area contributed by atoms with Gasteiger partial charge in [0.25, 0.3) is 0 Å². The van der Waals surface area contributed by atoms with Gasteiger partial charge in [0, 0.05) is 172 Å². The van der Waals surface area contributed by atoms with E-state index in [1.807, 2.05) is 151 Å². The monoisotopic (exact) mass is 1680 g/mol. The van der Waals surface area contributed by atoms with Crippen LogP contribution >= 0.6 is 0 Å². The minimum absolute atomic E-state index is 0.176. The van der Waals surface area contributed by atoms with E-state index in [0.29, 0.717) is 117 Å². The van der Waals surface area contributed by atoms with Crippen molar-refractivity contribution in [3.63, 3.8) is 0 Å². The molecule has 6 aromatic carbocycles. The third-order valence-corrected chi connectivity index (χ3v) is 23.5. The zero-order chi connectivity index (χ0) is 107. The van der Waals surface area contributed by atoms with Gasteiger partial charge < -0.3 is 22.1 Å². The van der Waals surface area contributed by atoms with Crippen LogP contribution in [0.1, 0.15) is 150 Å². The molecule has 0 N–H and O–H groups in total. The Morgan fingerprint density at radius 2 is 0.690 bits per heavy atom. The topological polar surface area (TPSA) is 150 Å². The molecule has 0 bridgehead atoms. The number of aromatic nitrogens is 10. The predicted molar refractivity (Wildman–Crippen MR) is 511 cm³/mol. The lowest BCUT2D eigenvalue weighted by Gasteiger charge is -2.10. The van der Waals surface area contributed by atoms with E-state index in [0.717, 1.165) is 117 Å². The summed E-state index contributed by atoms with van der Waals surface area (Å²) in [7, 11) is 9.30. The quantitative estimate of drug-likeness (QED) is 0.141. The number of nitrogens with zero attached hydrogens (tertiary/aromatic N) is 10. The van der Waals surface area contributed by atoms with Gasteiger partial charge in [-0.1, -0.05) is 86.6 Å². The van der Waals surface area contributed by atoms with Crippen LogP contribution in [-0.4, -0.2) is 24.9 Å². The molecular weight excluding hydrogens is 1550 g/mol. The van der Waals surface area contributed by atoms with Crippen LogP contribution in [0.15, 0.2) is 241 Å². The van der Waals surface area contributed by atoms with E-state index < -0.39 is 53.9 Å². The van der Waals surface area contributed by atoms with E-state index in [1.54, 1.807) is 111 Å². The maximum Gasteiger partial charge on any atom is 0.227 e. The van der Waals surface area contributed by atoms with Crippen LogP contribution in [-0.2, 0) is 35.2 Å². The number of pyridine rings is 10. The van der Waals surface area contributed by atoms with Gasteiger partial charge in [-0.3, -0.25) is 0 Å². The summed E-state index contributed by atoms with van der Waals surface area (Å²) >= 11 is 0. The molecule has 0 aliphatic heterocycles. The van der Waals surface area contributed by atoms with Crippen LogP contribution in [0, 0.1) is 117 Å². The third-order valence-electron chi connectivity index (χ3n) is 23.5. The van der Waals surface area contributed by atoms with Gasteiger partial charge in [-0.25, -0.2) is 47.8 Å². The number of rotatable bonds is 7. The highest BCUT2D eigenvalue weighted by molar-refractivity contribution is 6.14. The van der Waals surface area contributed by atoms with E-state index in [-0.39, 0.29) is 27.8 Å². The summed E-state index contributed by atoms with van der Waals surface area (Å²) in [6.45, 7) is 5.93. The van der Waals surface area contributed by atoms with Crippen LogP contribution < -0.4 is 22.8 Å². The molecule has 628 valence electrons. The maximum atomic E-state index is 8.51. The highest BCUT2D eigenvalue weighted by Crippen LogP contribution is 2.45. The molecule has 21 aromatic rings. The predicted octanol–water partition coefficient (Wildman–Crippen LogP) is 25.4. The number of hydrogen-bond acceptors (Lipinski definition) is 10. The Morgan fingerprint density at radius 3 is 1.15 bits per heavy atom. The van der Waals surface area contributed by atoms with E-state index in [9.17, 15) is 0 Å². The zero-order valence-electron chi connectivity index (χ0n) is 95.3. The molecule has 0 aliphatic rings. The molecule has 15 nitrogen and oxygen atoms in total. The number of benzene rings is 6. The van der Waals surface area contributed by atoms with Crippen LogP contribution in [0.4, 0.5) is 0 Å². The Balaban J connectivity index is 0.000000126. The van der Waals surface area contributed by atoms with Crippen LogP contribution in [0.2, 0.25) is 0 Å². The van der Waals surface area contributed by atoms with Gasteiger partial charge in [0.15, 0.2) is 58.9 Å². The second-order valence-electron chi connectivity index (χ2n) is 32.8. The normalized spacial score (nSPS) is 15.3. The van der Waals surface area contributed by atoms with Crippen LogP contribution in [0.3, 0.4) is 0 Å². The van der Waals surface area contributed by atoms with Crippen molar-refractivity contribution in [2.45, 2.75) is 137 Å². The fraction of sp³-hybridized carbons (Fsp3) is 0.225. The summed E-state index contributed by atoms with van der Waals surface area (Å²) in [5, 5.41) is 7.53. The van der Waals surface area contributed by atoms with Gasteiger partial charge in [0.1, 0.15) is 35.2 Å². The van der Waals surface area contributed by atoms with Crippen LogP contribution in [0.25, 0.3) is 178 Å². The standard InChI is InChI=1S/C24H19N2O.C23H25N2O.C22H23N2O.2C21H21N2O/c1-16-10-12-19-20-9-6-14-25-24(20)27-23(19)22(16)21-13-11-18(15-26(21)2)17-7-4-3-5-8-17;1-13(2)17-9-10-25(6)19(12-17)21-15(4)11-14(3)20-18-8-7-16(5)24-23(18)26-22(20)21;1-12-10-18(24(6)11-15(12)4)20-14(3)9-13(2)19-17-8-7-16(5)23-22(17)25-21(19)20;1-12-6-9-17(23(5)11-12)19-14(3)10-13(2)18-16-8-7-15(4)22-21(16)24-20(18)19;1-12-6-8-16-17-9-7-15(4)22-21(17)24-20(16)19(12)18-10-13(2)14(3)11-23(18)5/h3-15H,1-2H3;7-13H,1-6H3;7-11H,1-6H3;2*6-11H,1-5H3/q5*+1/i;1D3,3D3,13D;2D3,4D3;1D3,2D3;3D3. The van der Waals surface area contributed by atoms with Gasteiger partial charge >= 0.3 is 0 Å². The van der Waals surface area contributed by atoms with Crippen molar-refractivity contribution in [3.8, 4) is 67.4 Å². The Kier molecular flexibility index (Phi) is 16.3. The van der Waals surface area contributed by atoms with Crippen LogP contribution in [0.5, 0.6) is 0 Å². The molecule has 0 fully saturated rings. The molecule has 0 amide bonds. The fourth-order valence-corrected chi connectivity index (χ4v) is 17.0. The second kappa shape index (κ2) is 33.5. The molecule has 15 aromatic heterocycles. The lowest BCUT2D eigenvalue weighted by atomic mass is 9.95. The first kappa shape index (κ1) is 61.2. The molecule has 1 atom stereocenters. The highest BCUT2D eigenvalue weighted by atomic mass is 16.4. The smallest absolute Gasteiger partial charge is 0.227 e. The summed E-state index contributed by atoms with van der Waals surface area (Å²) in [5.74, 6) is -1.83. The average molecular weight is 1690 g/mol. The van der Waals surface area contributed by atoms with E-state index >= 15 is 0 Å². The summed E-state index contributed by atoms with van der Waals surface area (Å²) in [6.07, 6.45) is 10.5. The number of hydrogen-bond donors (Lipinski definition) is 0. The molecule has 15 heteroatoms. The molecule has 0 saturated heterocycles. The number of fused-ring (bicyclic) bond motifs is 15. The summed E-state index contributed by atoms with van der Waals surface area (Å²) in [4.78, 5) is 22.2. The molecule has 21 rings (SSSR count). The van der Waals surface area contributed by atoms with E-state index in [2.05, 4.69) is 116 Å². The Hall–Kier alpha value is -14.2. The van der Waals surface area contributed by atoms with Gasteiger partial charge in [-0.2, -0.15) is 0 Å². The summed E-state index contributed by atoms with van der Waals surface area (Å²) in [5.41, 5.74) is 26.7. The average Bonchev–Trinajstić information content (AvgIpc) is 1.56. The van der Waals surface area contributed by atoms with Crippen molar-refractivity contribution >= 4 is 110 Å². The molecule has 0 spiro atoms. The second-order valence-corrected chi connectivity index (χ2v) is 32.8. The van der Waals surface area contributed by atoms with Crippen molar-refractivity contribution in [2.24, 2.45) is 35.2 Å². The molecule has 0 aliphatic carbocycles. The lowest BCUT2D eigenvalue weighted by molar-refractivity contribution is -0.660. The Bertz CT molecular complexity index is 8920. The first-order chi connectivity index (χ1) is 69.2. The minimum Gasteiger partial charge on any atom is -0.437 e. The third kappa shape index (κ3) is 15.5. The number of aryl methyl sites for hydroxylation is 22.